The van der Waals surface area contributed by atoms with Crippen molar-refractivity contribution in [1.29, 1.82) is 0 Å². The molecule has 0 bridgehead atoms. The summed E-state index contributed by atoms with van der Waals surface area (Å²) in [7, 11) is 0. The lowest BCUT2D eigenvalue weighted by Gasteiger charge is -2.17. The third-order valence-electron chi connectivity index (χ3n) is 4.57. The van der Waals surface area contributed by atoms with Gasteiger partial charge in [-0.25, -0.2) is 14.9 Å². The molecule has 0 spiro atoms. The highest BCUT2D eigenvalue weighted by molar-refractivity contribution is 5.90. The highest BCUT2D eigenvalue weighted by atomic mass is 35.5. The third-order valence-corrected chi connectivity index (χ3v) is 4.57. The topological polar surface area (TPSA) is 77.5 Å². The molecule has 3 N–H and O–H groups in total. The molecule has 1 saturated heterocycles. The number of halogens is 3. The minimum absolute atomic E-state index is 0. The Morgan fingerprint density at radius 3 is 2.76 bits per heavy atom. The zero-order chi connectivity index (χ0) is 19.1. The standard InChI is InChI=1S/C20H23FN4O2.2ClH/c21-18-12-16(6-7-19(26)24-27)13-22-20(18)23-17-9-11-25(14-17)10-8-15-4-2-1-3-5-15;;/h1-7,12-13,17,27H,8-11,14H2,(H,22,23)(H,24,26);2*1H/b7-6+;;/t17-;;/m1../s1. The van der Waals surface area contributed by atoms with Crippen LogP contribution in [0.15, 0.2) is 48.7 Å². The first-order chi connectivity index (χ1) is 13.1. The molecular weight excluding hydrogens is 418 g/mol. The zero-order valence-electron chi connectivity index (χ0n) is 15.8. The average molecular weight is 443 g/mol. The Kier molecular flexibility index (Phi) is 10.6. The van der Waals surface area contributed by atoms with Crippen molar-refractivity contribution in [1.82, 2.24) is 15.4 Å². The van der Waals surface area contributed by atoms with Gasteiger partial charge in [0.1, 0.15) is 0 Å². The SMILES string of the molecule is Cl.Cl.O=C(/C=C/c1cnc(N[C@@H]2CCN(CCc3ccccc3)C2)c(F)c1)NO. The Morgan fingerprint density at radius 1 is 1.31 bits per heavy atom. The first-order valence-corrected chi connectivity index (χ1v) is 8.94. The number of pyridine rings is 1. The Bertz CT molecular complexity index is 808. The quantitative estimate of drug-likeness (QED) is 0.348. The monoisotopic (exact) mass is 442 g/mol. The molecule has 2 aromatic rings. The largest absolute Gasteiger partial charge is 0.364 e. The van der Waals surface area contributed by atoms with E-state index in [9.17, 15) is 9.18 Å². The maximum atomic E-state index is 14.3. The van der Waals surface area contributed by atoms with Crippen LogP contribution in [0.3, 0.4) is 0 Å². The summed E-state index contributed by atoms with van der Waals surface area (Å²) >= 11 is 0. The molecule has 29 heavy (non-hydrogen) atoms. The van der Waals surface area contributed by atoms with E-state index in [1.807, 2.05) is 18.2 Å². The fourth-order valence-electron chi connectivity index (χ4n) is 3.14. The van der Waals surface area contributed by atoms with Gasteiger partial charge in [0.25, 0.3) is 5.91 Å². The molecule has 0 unspecified atom stereocenters. The van der Waals surface area contributed by atoms with Gasteiger partial charge in [0.15, 0.2) is 11.6 Å². The van der Waals surface area contributed by atoms with E-state index in [1.54, 1.807) is 0 Å². The molecule has 3 rings (SSSR count). The maximum absolute atomic E-state index is 14.3. The molecule has 2 heterocycles. The van der Waals surface area contributed by atoms with Crippen LogP contribution in [0.2, 0.25) is 0 Å². The maximum Gasteiger partial charge on any atom is 0.267 e. The predicted octanol–water partition coefficient (Wildman–Crippen LogP) is 3.31. The summed E-state index contributed by atoms with van der Waals surface area (Å²) in [6.07, 6.45) is 5.91. The van der Waals surface area contributed by atoms with Gasteiger partial charge < -0.3 is 10.2 Å². The zero-order valence-corrected chi connectivity index (χ0v) is 17.4. The molecule has 0 saturated carbocycles. The van der Waals surface area contributed by atoms with Crippen LogP contribution in [0.4, 0.5) is 10.2 Å². The Balaban J connectivity index is 0.00000210. The van der Waals surface area contributed by atoms with E-state index >= 15 is 0 Å². The van der Waals surface area contributed by atoms with Gasteiger partial charge in [-0.2, -0.15) is 0 Å². The van der Waals surface area contributed by atoms with Crippen molar-refractivity contribution in [2.75, 3.05) is 25.0 Å². The van der Waals surface area contributed by atoms with Crippen LogP contribution in [-0.4, -0.2) is 46.7 Å². The van der Waals surface area contributed by atoms with Crippen LogP contribution >= 0.6 is 24.8 Å². The number of likely N-dealkylation sites (tertiary alicyclic amines) is 1. The average Bonchev–Trinajstić information content (AvgIpc) is 3.14. The second-order valence-electron chi connectivity index (χ2n) is 6.57. The van der Waals surface area contributed by atoms with Crippen LogP contribution in [0, 0.1) is 5.82 Å². The summed E-state index contributed by atoms with van der Waals surface area (Å²) in [4.78, 5) is 17.4. The van der Waals surface area contributed by atoms with E-state index < -0.39 is 11.7 Å². The molecule has 1 fully saturated rings. The van der Waals surface area contributed by atoms with E-state index in [1.165, 1.54) is 29.4 Å². The molecule has 1 atom stereocenters. The number of hydroxylamine groups is 1. The number of carbonyl (C=O) groups excluding carboxylic acids is 1. The van der Waals surface area contributed by atoms with Gasteiger partial charge in [-0.3, -0.25) is 10.0 Å². The second kappa shape index (κ2) is 12.4. The molecule has 1 aliphatic rings. The van der Waals surface area contributed by atoms with Crippen LogP contribution < -0.4 is 10.8 Å². The Labute approximate surface area is 182 Å². The second-order valence-corrected chi connectivity index (χ2v) is 6.57. The number of rotatable bonds is 7. The van der Waals surface area contributed by atoms with Gasteiger partial charge in [0, 0.05) is 37.9 Å². The van der Waals surface area contributed by atoms with Crippen molar-refractivity contribution in [2.45, 2.75) is 18.9 Å². The highest BCUT2D eigenvalue weighted by Gasteiger charge is 2.23. The van der Waals surface area contributed by atoms with Crippen LogP contribution in [0.25, 0.3) is 6.08 Å². The van der Waals surface area contributed by atoms with Crippen molar-refractivity contribution in [3.63, 3.8) is 0 Å². The number of amides is 1. The first-order valence-electron chi connectivity index (χ1n) is 8.94. The lowest BCUT2D eigenvalue weighted by molar-refractivity contribution is -0.124. The molecule has 1 aliphatic heterocycles. The number of nitrogens with one attached hydrogen (secondary N) is 2. The number of aromatic nitrogens is 1. The molecule has 1 aromatic heterocycles. The summed E-state index contributed by atoms with van der Waals surface area (Å²) in [5.41, 5.74) is 3.24. The van der Waals surface area contributed by atoms with E-state index in [4.69, 9.17) is 5.21 Å². The summed E-state index contributed by atoms with van der Waals surface area (Å²) < 4.78 is 14.3. The Hall–Kier alpha value is -2.19. The number of anilines is 1. The number of hydrogen-bond donors (Lipinski definition) is 3. The van der Waals surface area contributed by atoms with Crippen LogP contribution in [0.1, 0.15) is 17.5 Å². The molecule has 158 valence electrons. The Morgan fingerprint density at radius 2 is 2.07 bits per heavy atom. The minimum Gasteiger partial charge on any atom is -0.364 e. The number of carbonyl (C=O) groups is 1. The number of nitrogens with zero attached hydrogens (tertiary/aromatic N) is 2. The number of benzene rings is 1. The lowest BCUT2D eigenvalue weighted by atomic mass is 10.1. The van der Waals surface area contributed by atoms with Crippen molar-refractivity contribution < 1.29 is 14.4 Å². The summed E-state index contributed by atoms with van der Waals surface area (Å²) in [5, 5.41) is 11.6. The van der Waals surface area contributed by atoms with E-state index in [0.717, 1.165) is 38.6 Å². The predicted molar refractivity (Wildman–Crippen MR) is 116 cm³/mol. The van der Waals surface area contributed by atoms with Crippen molar-refractivity contribution in [2.24, 2.45) is 0 Å². The van der Waals surface area contributed by atoms with Crippen LogP contribution in [-0.2, 0) is 11.2 Å². The van der Waals surface area contributed by atoms with Gasteiger partial charge in [-0.1, -0.05) is 30.3 Å². The minimum atomic E-state index is -0.681. The normalized spacial score (nSPS) is 16.1. The van der Waals surface area contributed by atoms with Gasteiger partial charge in [-0.15, -0.1) is 24.8 Å². The molecule has 9 heteroatoms. The third kappa shape index (κ3) is 7.62. The summed E-state index contributed by atoms with van der Waals surface area (Å²) in [6.45, 7) is 2.81. The van der Waals surface area contributed by atoms with Gasteiger partial charge >= 0.3 is 0 Å². The first kappa shape index (κ1) is 24.8. The fraction of sp³-hybridized carbons (Fsp3) is 0.300. The highest BCUT2D eigenvalue weighted by Crippen LogP contribution is 2.18. The van der Waals surface area contributed by atoms with Crippen molar-refractivity contribution >= 4 is 42.6 Å². The molecular formula is C20H25Cl2FN4O2. The van der Waals surface area contributed by atoms with Gasteiger partial charge in [0.05, 0.1) is 0 Å². The molecule has 1 amide bonds. The number of hydrogen-bond acceptors (Lipinski definition) is 5. The van der Waals surface area contributed by atoms with E-state index in [0.29, 0.717) is 5.56 Å². The van der Waals surface area contributed by atoms with Gasteiger partial charge in [-0.05, 0) is 36.1 Å². The molecule has 6 nitrogen and oxygen atoms in total. The van der Waals surface area contributed by atoms with E-state index in [2.05, 4.69) is 27.3 Å². The van der Waals surface area contributed by atoms with Crippen molar-refractivity contribution in [3.05, 3.63) is 65.6 Å². The lowest BCUT2D eigenvalue weighted by Crippen LogP contribution is -2.28. The smallest absolute Gasteiger partial charge is 0.267 e. The van der Waals surface area contributed by atoms with Crippen LogP contribution in [0.5, 0.6) is 0 Å². The summed E-state index contributed by atoms with van der Waals surface area (Å²) in [5.74, 6) is -0.933. The summed E-state index contributed by atoms with van der Waals surface area (Å²) in [6, 6.07) is 11.8. The fourth-order valence-corrected chi connectivity index (χ4v) is 3.14. The molecule has 0 aliphatic carbocycles. The molecule has 1 aromatic carbocycles. The van der Waals surface area contributed by atoms with Crippen molar-refractivity contribution in [3.8, 4) is 0 Å². The van der Waals surface area contributed by atoms with E-state index in [-0.39, 0.29) is 36.7 Å². The van der Waals surface area contributed by atoms with Gasteiger partial charge in [0.2, 0.25) is 0 Å². The molecule has 0 radical (unpaired) electrons.